The predicted octanol–water partition coefficient (Wildman–Crippen LogP) is 0.815. The lowest BCUT2D eigenvalue weighted by Gasteiger charge is -2.15. The Hall–Kier alpha value is -3.00. The van der Waals surface area contributed by atoms with Crippen LogP contribution in [0.3, 0.4) is 0 Å². The second-order valence-corrected chi connectivity index (χ2v) is 6.92. The average Bonchev–Trinajstić information content (AvgIpc) is 2.63. The van der Waals surface area contributed by atoms with Gasteiger partial charge in [0, 0.05) is 19.3 Å². The highest BCUT2D eigenvalue weighted by Gasteiger charge is 2.17. The molecule has 3 heterocycles. The first-order chi connectivity index (χ1) is 12.8. The topological polar surface area (TPSA) is 112 Å². The van der Waals surface area contributed by atoms with Gasteiger partial charge in [-0.1, -0.05) is 19.9 Å². The number of carbonyl (C=O) groups excluding carboxylic acids is 1. The zero-order valence-corrected chi connectivity index (χ0v) is 15.6. The molecule has 0 fully saturated rings. The fourth-order valence-corrected chi connectivity index (χ4v) is 2.98. The largest absolute Gasteiger partial charge is 0.395 e. The van der Waals surface area contributed by atoms with E-state index in [4.69, 9.17) is 5.41 Å². The SMILES string of the molecule is Cc1cccn2c(=O)c3cc(C(=O)NCC(C)C)c(=N)n(CCO)c3nc12. The molecule has 3 aromatic heterocycles. The van der Waals surface area contributed by atoms with E-state index >= 15 is 0 Å². The van der Waals surface area contributed by atoms with Gasteiger partial charge in [-0.3, -0.25) is 19.4 Å². The van der Waals surface area contributed by atoms with Gasteiger partial charge in [0.05, 0.1) is 17.6 Å². The first kappa shape index (κ1) is 18.8. The van der Waals surface area contributed by atoms with Crippen molar-refractivity contribution in [3.8, 4) is 0 Å². The zero-order chi connectivity index (χ0) is 19.7. The van der Waals surface area contributed by atoms with Crippen LogP contribution in [0, 0.1) is 18.3 Å². The number of rotatable bonds is 5. The highest BCUT2D eigenvalue weighted by Crippen LogP contribution is 2.12. The van der Waals surface area contributed by atoms with Crippen molar-refractivity contribution in [2.24, 2.45) is 5.92 Å². The summed E-state index contributed by atoms with van der Waals surface area (Å²) in [6, 6.07) is 5.03. The Morgan fingerprint density at radius 2 is 2.11 bits per heavy atom. The van der Waals surface area contributed by atoms with E-state index in [9.17, 15) is 14.7 Å². The zero-order valence-electron chi connectivity index (χ0n) is 15.6. The summed E-state index contributed by atoms with van der Waals surface area (Å²) >= 11 is 0. The molecule has 0 bridgehead atoms. The lowest BCUT2D eigenvalue weighted by atomic mass is 10.1. The molecule has 0 aliphatic carbocycles. The average molecular weight is 369 g/mol. The standard InChI is InChI=1S/C19H23N5O3/c1-11(2)10-21-18(26)13-9-14-17(23(7-8-25)15(13)20)22-16-12(3)5-4-6-24(16)19(14)27/h4-6,9,11,20,25H,7-8,10H2,1-3H3,(H,21,26). The summed E-state index contributed by atoms with van der Waals surface area (Å²) in [6.07, 6.45) is 1.63. The minimum absolute atomic E-state index is 0.0646. The molecule has 0 aliphatic heterocycles. The van der Waals surface area contributed by atoms with Crippen LogP contribution < -0.4 is 16.4 Å². The third-order valence-corrected chi connectivity index (χ3v) is 4.37. The van der Waals surface area contributed by atoms with Gasteiger partial charge in [0.1, 0.15) is 16.8 Å². The highest BCUT2D eigenvalue weighted by molar-refractivity contribution is 5.96. The Morgan fingerprint density at radius 3 is 2.78 bits per heavy atom. The van der Waals surface area contributed by atoms with Gasteiger partial charge in [0.15, 0.2) is 0 Å². The van der Waals surface area contributed by atoms with E-state index in [1.54, 1.807) is 12.3 Å². The van der Waals surface area contributed by atoms with Crippen molar-refractivity contribution in [1.29, 1.82) is 5.41 Å². The van der Waals surface area contributed by atoms with Crippen LogP contribution in [0.5, 0.6) is 0 Å². The van der Waals surface area contributed by atoms with Gasteiger partial charge >= 0.3 is 0 Å². The van der Waals surface area contributed by atoms with Gasteiger partial charge < -0.3 is 15.0 Å². The number of nitrogens with one attached hydrogen (secondary N) is 2. The summed E-state index contributed by atoms with van der Waals surface area (Å²) in [4.78, 5) is 30.1. The van der Waals surface area contributed by atoms with Crippen LogP contribution in [0.2, 0.25) is 0 Å². The minimum atomic E-state index is -0.420. The monoisotopic (exact) mass is 369 g/mol. The lowest BCUT2D eigenvalue weighted by molar-refractivity contribution is 0.0946. The number of hydrogen-bond donors (Lipinski definition) is 3. The molecule has 3 rings (SSSR count). The maximum Gasteiger partial charge on any atom is 0.267 e. The molecule has 0 unspecified atom stereocenters. The Balaban J connectivity index is 2.34. The summed E-state index contributed by atoms with van der Waals surface area (Å²) in [5.74, 6) is -0.164. The number of aliphatic hydroxyl groups is 1. The number of hydrogen-bond acceptors (Lipinski definition) is 5. The first-order valence-corrected chi connectivity index (χ1v) is 8.84. The Labute approximate surface area is 155 Å². The van der Waals surface area contributed by atoms with E-state index in [1.165, 1.54) is 15.0 Å². The summed E-state index contributed by atoms with van der Waals surface area (Å²) in [5.41, 5.74) is 1.28. The van der Waals surface area contributed by atoms with Crippen LogP contribution in [-0.2, 0) is 6.54 Å². The van der Waals surface area contributed by atoms with Crippen LogP contribution in [0.4, 0.5) is 0 Å². The van der Waals surface area contributed by atoms with Gasteiger partial charge in [-0.15, -0.1) is 0 Å². The highest BCUT2D eigenvalue weighted by atomic mass is 16.3. The lowest BCUT2D eigenvalue weighted by Crippen LogP contribution is -2.36. The molecule has 27 heavy (non-hydrogen) atoms. The van der Waals surface area contributed by atoms with Crippen molar-refractivity contribution < 1.29 is 9.90 Å². The number of aromatic nitrogens is 3. The molecule has 0 spiro atoms. The van der Waals surface area contributed by atoms with E-state index in [-0.39, 0.29) is 46.7 Å². The van der Waals surface area contributed by atoms with Gasteiger partial charge in [-0.25, -0.2) is 4.98 Å². The number of fused-ring (bicyclic) bond motifs is 2. The molecule has 142 valence electrons. The number of carbonyl (C=O) groups is 1. The number of amides is 1. The van der Waals surface area contributed by atoms with Gasteiger partial charge in [0.2, 0.25) is 0 Å². The van der Waals surface area contributed by atoms with E-state index in [0.29, 0.717) is 12.2 Å². The van der Waals surface area contributed by atoms with Gasteiger partial charge in [-0.2, -0.15) is 0 Å². The number of aryl methyl sites for hydroxylation is 1. The van der Waals surface area contributed by atoms with E-state index in [2.05, 4.69) is 10.3 Å². The fraction of sp³-hybridized carbons (Fsp3) is 0.368. The van der Waals surface area contributed by atoms with Crippen LogP contribution >= 0.6 is 0 Å². The molecule has 0 atom stereocenters. The number of aliphatic hydroxyl groups excluding tert-OH is 1. The first-order valence-electron chi connectivity index (χ1n) is 8.84. The normalized spacial score (nSPS) is 11.4. The Bertz CT molecular complexity index is 1140. The van der Waals surface area contributed by atoms with E-state index in [0.717, 1.165) is 5.56 Å². The van der Waals surface area contributed by atoms with Crippen molar-refractivity contribution >= 4 is 22.6 Å². The minimum Gasteiger partial charge on any atom is -0.395 e. The van der Waals surface area contributed by atoms with Crippen LogP contribution in [0.15, 0.2) is 29.2 Å². The summed E-state index contributed by atoms with van der Waals surface area (Å²) in [6.45, 7) is 6.08. The van der Waals surface area contributed by atoms with Crippen molar-refractivity contribution in [2.45, 2.75) is 27.3 Å². The molecule has 8 nitrogen and oxygen atoms in total. The summed E-state index contributed by atoms with van der Waals surface area (Å²) < 4.78 is 2.84. The second-order valence-electron chi connectivity index (χ2n) is 6.92. The number of nitrogens with zero attached hydrogens (tertiary/aromatic N) is 3. The molecule has 3 N–H and O–H groups in total. The number of pyridine rings is 2. The maximum atomic E-state index is 13.0. The molecular formula is C19H23N5O3. The second kappa shape index (κ2) is 7.32. The van der Waals surface area contributed by atoms with E-state index < -0.39 is 5.91 Å². The predicted molar refractivity (Wildman–Crippen MR) is 102 cm³/mol. The van der Waals surface area contributed by atoms with Crippen molar-refractivity contribution in [1.82, 2.24) is 19.3 Å². The van der Waals surface area contributed by atoms with Crippen molar-refractivity contribution in [3.05, 3.63) is 51.4 Å². The van der Waals surface area contributed by atoms with Crippen molar-refractivity contribution in [3.63, 3.8) is 0 Å². The molecule has 0 aromatic carbocycles. The Morgan fingerprint density at radius 1 is 1.37 bits per heavy atom. The quantitative estimate of drug-likeness (QED) is 0.578. The molecular weight excluding hydrogens is 346 g/mol. The molecule has 0 aliphatic rings. The fourth-order valence-electron chi connectivity index (χ4n) is 2.98. The van der Waals surface area contributed by atoms with Crippen LogP contribution in [0.1, 0.15) is 29.8 Å². The molecule has 3 aromatic rings. The summed E-state index contributed by atoms with van der Waals surface area (Å²) in [7, 11) is 0. The molecule has 0 saturated carbocycles. The smallest absolute Gasteiger partial charge is 0.267 e. The van der Waals surface area contributed by atoms with E-state index in [1.807, 2.05) is 26.8 Å². The maximum absolute atomic E-state index is 13.0. The molecule has 0 saturated heterocycles. The van der Waals surface area contributed by atoms with Gasteiger partial charge in [-0.05, 0) is 30.5 Å². The van der Waals surface area contributed by atoms with Crippen molar-refractivity contribution in [2.75, 3.05) is 13.2 Å². The molecule has 1 amide bonds. The third-order valence-electron chi connectivity index (χ3n) is 4.37. The van der Waals surface area contributed by atoms with Crippen LogP contribution in [-0.4, -0.2) is 38.1 Å². The third kappa shape index (κ3) is 3.35. The molecule has 0 radical (unpaired) electrons. The Kier molecular flexibility index (Phi) is 5.09. The summed E-state index contributed by atoms with van der Waals surface area (Å²) in [5, 5.41) is 20.9. The molecule has 8 heteroatoms. The van der Waals surface area contributed by atoms with Crippen LogP contribution in [0.25, 0.3) is 16.7 Å². The van der Waals surface area contributed by atoms with Gasteiger partial charge in [0.25, 0.3) is 11.5 Å².